The Balaban J connectivity index is 1.12. The molecule has 0 amide bonds. The van der Waals surface area contributed by atoms with E-state index in [0.29, 0.717) is 5.84 Å². The van der Waals surface area contributed by atoms with E-state index in [-0.39, 0.29) is 0 Å². The first kappa shape index (κ1) is 32.5. The molecule has 0 fully saturated rings. The maximum atomic E-state index is 7.07. The maximum absolute atomic E-state index is 7.07. The molecular weight excluding hydrogens is 709 g/mol. The van der Waals surface area contributed by atoms with Crippen LogP contribution in [0, 0.1) is 0 Å². The van der Waals surface area contributed by atoms with Crippen LogP contribution < -0.4 is 5.32 Å². The standard InChI is InChI=1S/C53H34N4O/c1-3-14-33(15-4-1)35-22-13-23-40(28-35)52-54-51(34-16-5-2-6-17-34)55-53(56-52)42-26-27-46(49-44-30-37-19-8-10-21-39(37)32-48(44)58-50(42)49)57-45-25-12-11-24-41(45)43-29-36-18-7-9-20-38(36)31-47(43)57/h1-32,53H,(H,54,55,56). The Labute approximate surface area is 333 Å². The molecule has 272 valence electrons. The Morgan fingerprint density at radius 1 is 0.466 bits per heavy atom. The number of hydrogen-bond acceptors (Lipinski definition) is 4. The number of aromatic nitrogens is 1. The molecule has 0 spiro atoms. The lowest BCUT2D eigenvalue weighted by Crippen LogP contribution is -2.33. The third kappa shape index (κ3) is 5.17. The Morgan fingerprint density at radius 2 is 1.09 bits per heavy atom. The van der Waals surface area contributed by atoms with Crippen LogP contribution in [0.25, 0.3) is 82.1 Å². The molecule has 2 aromatic heterocycles. The summed E-state index contributed by atoms with van der Waals surface area (Å²) in [6.07, 6.45) is -0.489. The largest absolute Gasteiger partial charge is 0.456 e. The number of nitrogens with zero attached hydrogens (tertiary/aromatic N) is 3. The average Bonchev–Trinajstić information content (AvgIpc) is 3.82. The van der Waals surface area contributed by atoms with Crippen molar-refractivity contribution in [3.8, 4) is 16.8 Å². The smallest absolute Gasteiger partial charge is 0.159 e. The second-order valence-corrected chi connectivity index (χ2v) is 15.0. The third-order valence-electron chi connectivity index (χ3n) is 11.6. The van der Waals surface area contributed by atoms with E-state index in [0.717, 1.165) is 83.1 Å². The van der Waals surface area contributed by atoms with Gasteiger partial charge in [-0.2, -0.15) is 0 Å². The topological polar surface area (TPSA) is 54.8 Å². The molecule has 5 heteroatoms. The van der Waals surface area contributed by atoms with Gasteiger partial charge in [-0.15, -0.1) is 0 Å². The molecule has 0 radical (unpaired) electrons. The minimum Gasteiger partial charge on any atom is -0.456 e. The molecule has 1 atom stereocenters. The van der Waals surface area contributed by atoms with Gasteiger partial charge in [0.05, 0.1) is 22.1 Å². The highest BCUT2D eigenvalue weighted by molar-refractivity contribution is 6.19. The number of benzene rings is 9. The SMILES string of the molecule is c1ccc(C2=NC(c3cccc(-c4ccccc4)c3)=NC(c3ccc(-n4c5ccccc5c5cc6ccccc6cc54)c4c3oc3cc5ccccc5cc34)N2)cc1. The van der Waals surface area contributed by atoms with Crippen LogP contribution >= 0.6 is 0 Å². The first-order valence-corrected chi connectivity index (χ1v) is 19.7. The summed E-state index contributed by atoms with van der Waals surface area (Å²) in [5.41, 5.74) is 10.1. The summed E-state index contributed by atoms with van der Waals surface area (Å²) < 4.78 is 9.49. The molecule has 1 aliphatic rings. The molecule has 0 saturated heterocycles. The number of fused-ring (bicyclic) bond motifs is 8. The third-order valence-corrected chi connectivity index (χ3v) is 11.6. The van der Waals surface area contributed by atoms with Gasteiger partial charge in [-0.3, -0.25) is 0 Å². The highest BCUT2D eigenvalue weighted by atomic mass is 16.3. The quantitative estimate of drug-likeness (QED) is 0.191. The van der Waals surface area contributed by atoms with Crippen molar-refractivity contribution in [3.63, 3.8) is 0 Å². The van der Waals surface area contributed by atoms with Crippen molar-refractivity contribution >= 4 is 77.0 Å². The van der Waals surface area contributed by atoms with Crippen molar-refractivity contribution in [2.45, 2.75) is 6.17 Å². The molecule has 5 nitrogen and oxygen atoms in total. The summed E-state index contributed by atoms with van der Waals surface area (Å²) >= 11 is 0. The van der Waals surface area contributed by atoms with E-state index in [1.54, 1.807) is 0 Å². The van der Waals surface area contributed by atoms with Crippen molar-refractivity contribution in [2.24, 2.45) is 9.98 Å². The molecule has 11 aromatic rings. The molecule has 3 heterocycles. The minimum absolute atomic E-state index is 0.489. The second-order valence-electron chi connectivity index (χ2n) is 15.0. The lowest BCUT2D eigenvalue weighted by molar-refractivity contribution is 0.629. The van der Waals surface area contributed by atoms with Gasteiger partial charge in [-0.1, -0.05) is 146 Å². The van der Waals surface area contributed by atoms with E-state index < -0.39 is 6.17 Å². The number of para-hydroxylation sites is 1. The maximum Gasteiger partial charge on any atom is 0.159 e. The number of furan rings is 1. The van der Waals surface area contributed by atoms with Crippen molar-refractivity contribution in [1.82, 2.24) is 9.88 Å². The highest BCUT2D eigenvalue weighted by Gasteiger charge is 2.27. The number of nitrogens with one attached hydrogen (secondary N) is 1. The predicted octanol–water partition coefficient (Wildman–Crippen LogP) is 13.2. The summed E-state index contributed by atoms with van der Waals surface area (Å²) in [5.74, 6) is 1.42. The number of aliphatic imine (C=N–C) groups is 2. The van der Waals surface area contributed by atoms with E-state index in [4.69, 9.17) is 14.4 Å². The Bertz CT molecular complexity index is 3480. The van der Waals surface area contributed by atoms with Gasteiger partial charge in [0.2, 0.25) is 0 Å². The fourth-order valence-corrected chi connectivity index (χ4v) is 8.83. The molecule has 9 aromatic carbocycles. The van der Waals surface area contributed by atoms with Gasteiger partial charge in [0, 0.05) is 32.8 Å². The Kier molecular flexibility index (Phi) is 7.23. The Morgan fingerprint density at radius 3 is 1.86 bits per heavy atom. The average molecular weight is 743 g/mol. The van der Waals surface area contributed by atoms with E-state index in [2.05, 4.69) is 180 Å². The second kappa shape index (κ2) is 12.9. The Hall–Kier alpha value is -7.76. The van der Waals surface area contributed by atoms with Crippen LogP contribution in [0.15, 0.2) is 209 Å². The summed E-state index contributed by atoms with van der Waals surface area (Å²) in [4.78, 5) is 10.6. The number of rotatable bonds is 5. The van der Waals surface area contributed by atoms with Crippen molar-refractivity contribution in [2.75, 3.05) is 0 Å². The predicted molar refractivity (Wildman–Crippen MR) is 240 cm³/mol. The lowest BCUT2D eigenvalue weighted by atomic mass is 10.0. The first-order valence-electron chi connectivity index (χ1n) is 19.7. The molecule has 1 aliphatic heterocycles. The van der Waals surface area contributed by atoms with Crippen LogP contribution in [0.4, 0.5) is 0 Å². The van der Waals surface area contributed by atoms with Crippen LogP contribution in [-0.4, -0.2) is 16.2 Å². The van der Waals surface area contributed by atoms with E-state index >= 15 is 0 Å². The molecule has 12 rings (SSSR count). The number of amidine groups is 2. The van der Waals surface area contributed by atoms with E-state index in [9.17, 15) is 0 Å². The zero-order valence-corrected chi connectivity index (χ0v) is 31.3. The van der Waals surface area contributed by atoms with E-state index in [1.807, 2.05) is 24.3 Å². The van der Waals surface area contributed by atoms with E-state index in [1.165, 1.54) is 21.5 Å². The van der Waals surface area contributed by atoms with Gasteiger partial charge in [0.15, 0.2) is 12.0 Å². The summed E-state index contributed by atoms with van der Waals surface area (Å²) in [7, 11) is 0. The summed E-state index contributed by atoms with van der Waals surface area (Å²) in [6.45, 7) is 0. The molecule has 0 bridgehead atoms. The van der Waals surface area contributed by atoms with Gasteiger partial charge in [0.25, 0.3) is 0 Å². The molecule has 1 unspecified atom stereocenters. The van der Waals surface area contributed by atoms with Crippen LogP contribution in [0.2, 0.25) is 0 Å². The zero-order chi connectivity index (χ0) is 38.2. The molecule has 0 saturated carbocycles. The monoisotopic (exact) mass is 742 g/mol. The van der Waals surface area contributed by atoms with Crippen LogP contribution in [0.5, 0.6) is 0 Å². The normalized spacial score (nSPS) is 14.4. The summed E-state index contributed by atoms with van der Waals surface area (Å²) in [5, 5.41) is 13.0. The molecular formula is C53H34N4O. The highest BCUT2D eigenvalue weighted by Crippen LogP contribution is 2.43. The lowest BCUT2D eigenvalue weighted by Gasteiger charge is -2.24. The number of hydrogen-bond donors (Lipinski definition) is 1. The van der Waals surface area contributed by atoms with Crippen LogP contribution in [0.1, 0.15) is 22.9 Å². The molecule has 0 aliphatic carbocycles. The molecule has 58 heavy (non-hydrogen) atoms. The van der Waals surface area contributed by atoms with Gasteiger partial charge in [-0.25, -0.2) is 9.98 Å². The van der Waals surface area contributed by atoms with Gasteiger partial charge in [0.1, 0.15) is 17.0 Å². The van der Waals surface area contributed by atoms with Gasteiger partial charge >= 0.3 is 0 Å². The van der Waals surface area contributed by atoms with Crippen LogP contribution in [0.3, 0.4) is 0 Å². The minimum atomic E-state index is -0.489. The van der Waals surface area contributed by atoms with Gasteiger partial charge in [-0.05, 0) is 81.2 Å². The fourth-order valence-electron chi connectivity index (χ4n) is 8.83. The van der Waals surface area contributed by atoms with Crippen molar-refractivity contribution in [1.29, 1.82) is 0 Å². The van der Waals surface area contributed by atoms with Crippen molar-refractivity contribution < 1.29 is 4.42 Å². The fraction of sp³-hybridized carbons (Fsp3) is 0.0189. The van der Waals surface area contributed by atoms with Crippen LogP contribution in [-0.2, 0) is 0 Å². The first-order chi connectivity index (χ1) is 28.7. The summed E-state index contributed by atoms with van der Waals surface area (Å²) in [6, 6.07) is 68.6. The van der Waals surface area contributed by atoms with Crippen molar-refractivity contribution in [3.05, 3.63) is 211 Å². The van der Waals surface area contributed by atoms with Gasteiger partial charge < -0.3 is 14.3 Å². The molecule has 1 N–H and O–H groups in total. The zero-order valence-electron chi connectivity index (χ0n) is 31.3.